The average molecular weight is 314 g/mol. The first-order valence-electron chi connectivity index (χ1n) is 6.63. The van der Waals surface area contributed by atoms with E-state index in [0.717, 1.165) is 0 Å². The number of carbonyl (C=O) groups is 1. The van der Waals surface area contributed by atoms with E-state index in [1.54, 1.807) is 24.3 Å². The Labute approximate surface area is 123 Å². The Bertz CT molecular complexity index is 609. The molecule has 1 aromatic rings. The molecule has 0 aliphatic carbocycles. The largest absolute Gasteiger partial charge is 0.481 e. The lowest BCUT2D eigenvalue weighted by atomic mass is 9.99. The molecule has 21 heavy (non-hydrogen) atoms. The standard InChI is InChI=1S/C13H18N2O5S/c16-9-10-2-1-3-12(8-10)14-21(19,20)15-6-4-11(5-7-15)13(17)18/h1-3,8,11,14,16H,4-7,9H2,(H,17,18). The number of aliphatic hydroxyl groups excluding tert-OH is 1. The number of nitrogens with one attached hydrogen (secondary N) is 1. The molecule has 3 N–H and O–H groups in total. The van der Waals surface area contributed by atoms with Crippen molar-refractivity contribution in [3.8, 4) is 0 Å². The first kappa shape index (κ1) is 15.7. The number of carboxylic acid groups (broad SMARTS) is 1. The zero-order valence-electron chi connectivity index (χ0n) is 11.4. The van der Waals surface area contributed by atoms with Crippen molar-refractivity contribution < 1.29 is 23.4 Å². The van der Waals surface area contributed by atoms with Gasteiger partial charge in [-0.05, 0) is 30.5 Å². The van der Waals surface area contributed by atoms with Crippen molar-refractivity contribution >= 4 is 21.9 Å². The van der Waals surface area contributed by atoms with Crippen LogP contribution in [-0.4, -0.2) is 42.0 Å². The fourth-order valence-electron chi connectivity index (χ4n) is 2.29. The molecule has 0 amide bonds. The summed E-state index contributed by atoms with van der Waals surface area (Å²) in [6, 6.07) is 6.50. The molecule has 1 aromatic carbocycles. The van der Waals surface area contributed by atoms with Crippen molar-refractivity contribution in [3.63, 3.8) is 0 Å². The molecule has 1 aliphatic rings. The van der Waals surface area contributed by atoms with Gasteiger partial charge in [-0.3, -0.25) is 9.52 Å². The van der Waals surface area contributed by atoms with Crippen LogP contribution in [0.4, 0.5) is 5.69 Å². The van der Waals surface area contributed by atoms with Crippen LogP contribution in [0.15, 0.2) is 24.3 Å². The van der Waals surface area contributed by atoms with Crippen LogP contribution in [0.5, 0.6) is 0 Å². The highest BCUT2D eigenvalue weighted by molar-refractivity contribution is 7.90. The molecule has 0 radical (unpaired) electrons. The monoisotopic (exact) mass is 314 g/mol. The zero-order valence-corrected chi connectivity index (χ0v) is 12.2. The van der Waals surface area contributed by atoms with E-state index in [4.69, 9.17) is 10.2 Å². The maximum absolute atomic E-state index is 12.2. The third kappa shape index (κ3) is 3.93. The van der Waals surface area contributed by atoms with E-state index in [1.165, 1.54) is 4.31 Å². The Hall–Kier alpha value is -1.64. The van der Waals surface area contributed by atoms with Crippen LogP contribution in [0.1, 0.15) is 18.4 Å². The summed E-state index contributed by atoms with van der Waals surface area (Å²) in [7, 11) is -3.70. The average Bonchev–Trinajstić information content (AvgIpc) is 2.47. The van der Waals surface area contributed by atoms with E-state index >= 15 is 0 Å². The van der Waals surface area contributed by atoms with Gasteiger partial charge in [-0.25, -0.2) is 0 Å². The van der Waals surface area contributed by atoms with Gasteiger partial charge in [0.05, 0.1) is 18.2 Å². The predicted molar refractivity (Wildman–Crippen MR) is 76.8 cm³/mol. The highest BCUT2D eigenvalue weighted by Gasteiger charge is 2.30. The third-order valence-corrected chi connectivity index (χ3v) is 5.04. The minimum Gasteiger partial charge on any atom is -0.481 e. The van der Waals surface area contributed by atoms with E-state index in [-0.39, 0.29) is 19.7 Å². The fourth-order valence-corrected chi connectivity index (χ4v) is 3.54. The summed E-state index contributed by atoms with van der Waals surface area (Å²) in [4.78, 5) is 10.9. The Morgan fingerprint density at radius 2 is 2.00 bits per heavy atom. The van der Waals surface area contributed by atoms with Crippen molar-refractivity contribution in [2.24, 2.45) is 5.92 Å². The number of hydrogen-bond donors (Lipinski definition) is 3. The minimum atomic E-state index is -3.70. The van der Waals surface area contributed by atoms with Gasteiger partial charge in [-0.2, -0.15) is 12.7 Å². The van der Waals surface area contributed by atoms with E-state index in [9.17, 15) is 13.2 Å². The number of aliphatic hydroxyl groups is 1. The molecule has 7 nitrogen and oxygen atoms in total. The lowest BCUT2D eigenvalue weighted by molar-refractivity contribution is -0.142. The summed E-state index contributed by atoms with van der Waals surface area (Å²) in [5, 5.41) is 18.0. The number of hydrogen-bond acceptors (Lipinski definition) is 4. The van der Waals surface area contributed by atoms with Crippen molar-refractivity contribution in [2.75, 3.05) is 17.8 Å². The summed E-state index contributed by atoms with van der Waals surface area (Å²) in [6.45, 7) is 0.206. The maximum atomic E-state index is 12.2. The molecule has 0 saturated carbocycles. The van der Waals surface area contributed by atoms with Gasteiger partial charge in [0, 0.05) is 13.1 Å². The van der Waals surface area contributed by atoms with Gasteiger partial charge >= 0.3 is 16.2 Å². The van der Waals surface area contributed by atoms with Crippen LogP contribution in [0.3, 0.4) is 0 Å². The smallest absolute Gasteiger partial charge is 0.306 e. The van der Waals surface area contributed by atoms with Gasteiger partial charge in [0.25, 0.3) is 0 Å². The van der Waals surface area contributed by atoms with Gasteiger partial charge < -0.3 is 10.2 Å². The Morgan fingerprint density at radius 1 is 1.33 bits per heavy atom. The van der Waals surface area contributed by atoms with Crippen molar-refractivity contribution in [2.45, 2.75) is 19.4 Å². The van der Waals surface area contributed by atoms with Crippen molar-refractivity contribution in [3.05, 3.63) is 29.8 Å². The topological polar surface area (TPSA) is 107 Å². The highest BCUT2D eigenvalue weighted by atomic mass is 32.2. The summed E-state index contributed by atoms with van der Waals surface area (Å²) in [6.07, 6.45) is 0.625. The first-order valence-corrected chi connectivity index (χ1v) is 8.07. The molecule has 0 aromatic heterocycles. The van der Waals surface area contributed by atoms with Crippen LogP contribution < -0.4 is 4.72 Å². The number of rotatable bonds is 5. The van der Waals surface area contributed by atoms with E-state index in [2.05, 4.69) is 4.72 Å². The van der Waals surface area contributed by atoms with Gasteiger partial charge in [0.2, 0.25) is 0 Å². The second-order valence-electron chi connectivity index (χ2n) is 4.98. The lowest BCUT2D eigenvalue weighted by Crippen LogP contribution is -2.42. The quantitative estimate of drug-likeness (QED) is 0.739. The Morgan fingerprint density at radius 3 is 2.57 bits per heavy atom. The summed E-state index contributed by atoms with van der Waals surface area (Å²) in [5.74, 6) is -1.36. The summed E-state index contributed by atoms with van der Waals surface area (Å²) < 4.78 is 28.2. The molecule has 0 spiro atoms. The molecule has 1 saturated heterocycles. The molecule has 1 aliphatic heterocycles. The molecule has 2 rings (SSSR count). The van der Waals surface area contributed by atoms with Crippen LogP contribution in [0.2, 0.25) is 0 Å². The molecule has 8 heteroatoms. The number of benzene rings is 1. The van der Waals surface area contributed by atoms with Crippen LogP contribution >= 0.6 is 0 Å². The lowest BCUT2D eigenvalue weighted by Gasteiger charge is -2.29. The number of nitrogens with zero attached hydrogens (tertiary/aromatic N) is 1. The Kier molecular flexibility index (Phi) is 4.81. The van der Waals surface area contributed by atoms with Gasteiger partial charge in [-0.1, -0.05) is 12.1 Å². The highest BCUT2D eigenvalue weighted by Crippen LogP contribution is 2.21. The normalized spacial score (nSPS) is 17.6. The molecule has 1 fully saturated rings. The molecular formula is C13H18N2O5S. The predicted octanol–water partition coefficient (Wildman–Crippen LogP) is 0.632. The van der Waals surface area contributed by atoms with Crippen LogP contribution in [-0.2, 0) is 21.6 Å². The fraction of sp³-hybridized carbons (Fsp3) is 0.462. The Balaban J connectivity index is 2.03. The number of aliphatic carboxylic acids is 1. The van der Waals surface area contributed by atoms with Crippen LogP contribution in [0, 0.1) is 5.92 Å². The van der Waals surface area contributed by atoms with Crippen molar-refractivity contribution in [1.82, 2.24) is 4.31 Å². The molecule has 0 bridgehead atoms. The van der Waals surface area contributed by atoms with E-state index in [1.807, 2.05) is 0 Å². The van der Waals surface area contributed by atoms with E-state index in [0.29, 0.717) is 24.1 Å². The van der Waals surface area contributed by atoms with Gasteiger partial charge in [-0.15, -0.1) is 0 Å². The number of piperidine rings is 1. The first-order chi connectivity index (χ1) is 9.92. The molecule has 0 unspecified atom stereocenters. The second kappa shape index (κ2) is 6.42. The molecule has 116 valence electrons. The molecular weight excluding hydrogens is 296 g/mol. The maximum Gasteiger partial charge on any atom is 0.306 e. The van der Waals surface area contributed by atoms with Crippen LogP contribution in [0.25, 0.3) is 0 Å². The SMILES string of the molecule is O=C(O)C1CCN(S(=O)(=O)Nc2cccc(CO)c2)CC1. The summed E-state index contributed by atoms with van der Waals surface area (Å²) in [5.41, 5.74) is 0.988. The third-order valence-electron chi connectivity index (χ3n) is 3.50. The zero-order chi connectivity index (χ0) is 15.5. The minimum absolute atomic E-state index is 0.167. The van der Waals surface area contributed by atoms with Gasteiger partial charge in [0.1, 0.15) is 0 Å². The molecule has 1 heterocycles. The van der Waals surface area contributed by atoms with E-state index < -0.39 is 22.1 Å². The summed E-state index contributed by atoms with van der Waals surface area (Å²) >= 11 is 0. The van der Waals surface area contributed by atoms with Crippen molar-refractivity contribution in [1.29, 1.82) is 0 Å². The number of carboxylic acids is 1. The van der Waals surface area contributed by atoms with Gasteiger partial charge in [0.15, 0.2) is 0 Å². The number of anilines is 1. The second-order valence-corrected chi connectivity index (χ2v) is 6.65. The molecule has 0 atom stereocenters.